The molecular weight excluding hydrogens is 599 g/mol. The van der Waals surface area contributed by atoms with E-state index in [0.717, 1.165) is 11.1 Å². The summed E-state index contributed by atoms with van der Waals surface area (Å²) in [6.07, 6.45) is 1.78. The second-order valence-electron chi connectivity index (χ2n) is 9.93. The van der Waals surface area contributed by atoms with Gasteiger partial charge in [-0.15, -0.1) is 0 Å². The van der Waals surface area contributed by atoms with E-state index in [1.165, 1.54) is 28.0 Å². The predicted octanol–water partition coefficient (Wildman–Crippen LogP) is 6.31. The summed E-state index contributed by atoms with van der Waals surface area (Å²) in [6, 6.07) is 29.0. The molecule has 5 aromatic rings. The molecule has 4 aromatic carbocycles. The summed E-state index contributed by atoms with van der Waals surface area (Å²) in [6.45, 7) is 2.19. The number of carbonyl (C=O) groups excluding carboxylic acids is 1. The number of nitrogens with zero attached hydrogens (tertiary/aromatic N) is 2. The highest BCUT2D eigenvalue weighted by Gasteiger charge is 2.35. The molecule has 6 rings (SSSR count). The van der Waals surface area contributed by atoms with Gasteiger partial charge < -0.3 is 9.47 Å². The quantitative estimate of drug-likeness (QED) is 0.190. The van der Waals surface area contributed by atoms with Gasteiger partial charge in [0.05, 0.1) is 28.5 Å². The Morgan fingerprint density at radius 2 is 1.68 bits per heavy atom. The molecular formula is C35H26ClFN2O4S. The van der Waals surface area contributed by atoms with Gasteiger partial charge in [0.2, 0.25) is 0 Å². The lowest BCUT2D eigenvalue weighted by Crippen LogP contribution is -2.40. The van der Waals surface area contributed by atoms with Gasteiger partial charge in [0, 0.05) is 16.1 Å². The molecule has 220 valence electrons. The number of fused-ring (bicyclic) bond motifs is 1. The predicted molar refractivity (Wildman–Crippen MR) is 170 cm³/mol. The number of rotatable bonds is 8. The third-order valence-corrected chi connectivity index (χ3v) is 8.44. The molecule has 0 saturated heterocycles. The average molecular weight is 625 g/mol. The summed E-state index contributed by atoms with van der Waals surface area (Å²) in [5, 5.41) is 0.639. The van der Waals surface area contributed by atoms with E-state index in [-0.39, 0.29) is 17.7 Å². The van der Waals surface area contributed by atoms with E-state index in [1.807, 2.05) is 78.9 Å². The van der Waals surface area contributed by atoms with E-state index in [0.29, 0.717) is 43.5 Å². The summed E-state index contributed by atoms with van der Waals surface area (Å²) in [5.74, 6) is -0.358. The van der Waals surface area contributed by atoms with Crippen LogP contribution in [0.3, 0.4) is 0 Å². The second kappa shape index (κ2) is 12.8. The van der Waals surface area contributed by atoms with Crippen molar-refractivity contribution in [3.05, 3.63) is 161 Å². The standard InChI is InChI=1S/C35H26ClFN2O4S/c1-2-42-34(41)30-31(23-8-4-3-5-9-23)38-35-39(32(30)24-14-16-26(37)17-15-24)33(40)29(44-35)20-22-12-18-27(19-13-22)43-21-25-10-6-7-11-28(25)36/h3-20,32H,2,21H2,1H3/b29-20-. The van der Waals surface area contributed by atoms with Crippen molar-refractivity contribution in [1.29, 1.82) is 0 Å². The van der Waals surface area contributed by atoms with Gasteiger partial charge in [-0.1, -0.05) is 95.7 Å². The minimum atomic E-state index is -0.871. The lowest BCUT2D eigenvalue weighted by Gasteiger charge is -2.25. The summed E-state index contributed by atoms with van der Waals surface area (Å²) in [4.78, 5) is 32.7. The van der Waals surface area contributed by atoms with Crippen LogP contribution in [0.5, 0.6) is 5.75 Å². The van der Waals surface area contributed by atoms with E-state index in [4.69, 9.17) is 26.1 Å². The molecule has 0 amide bonds. The van der Waals surface area contributed by atoms with Crippen LogP contribution < -0.4 is 19.6 Å². The summed E-state index contributed by atoms with van der Waals surface area (Å²) in [7, 11) is 0. The third-order valence-electron chi connectivity index (χ3n) is 7.09. The van der Waals surface area contributed by atoms with Gasteiger partial charge in [-0.05, 0) is 54.5 Å². The Bertz CT molecular complexity index is 2040. The molecule has 0 bridgehead atoms. The van der Waals surface area contributed by atoms with Gasteiger partial charge >= 0.3 is 5.97 Å². The van der Waals surface area contributed by atoms with Crippen molar-refractivity contribution in [2.75, 3.05) is 6.61 Å². The Labute approximate surface area is 261 Å². The molecule has 1 aliphatic heterocycles. The normalized spacial score (nSPS) is 14.6. The summed E-state index contributed by atoms with van der Waals surface area (Å²) < 4.78 is 27.2. The van der Waals surface area contributed by atoms with Crippen molar-refractivity contribution >= 4 is 40.7 Å². The first kappa shape index (κ1) is 29.3. The van der Waals surface area contributed by atoms with Crippen molar-refractivity contribution in [3.8, 4) is 5.75 Å². The van der Waals surface area contributed by atoms with Gasteiger partial charge in [0.1, 0.15) is 18.2 Å². The molecule has 1 aliphatic rings. The smallest absolute Gasteiger partial charge is 0.338 e. The first-order valence-corrected chi connectivity index (χ1v) is 15.1. The molecule has 9 heteroatoms. The zero-order valence-corrected chi connectivity index (χ0v) is 25.1. The second-order valence-corrected chi connectivity index (χ2v) is 11.3. The SMILES string of the molecule is CCOC(=O)C1=C(c2ccccc2)N=c2s/c(=C\c3ccc(OCc4ccccc4Cl)cc3)c(=O)n2C1c1ccc(F)cc1. The van der Waals surface area contributed by atoms with Gasteiger partial charge in [-0.2, -0.15) is 0 Å². The fourth-order valence-electron chi connectivity index (χ4n) is 4.99. The first-order chi connectivity index (χ1) is 21.4. The molecule has 0 N–H and O–H groups in total. The minimum absolute atomic E-state index is 0.142. The molecule has 0 aliphatic carbocycles. The van der Waals surface area contributed by atoms with Gasteiger partial charge in [-0.25, -0.2) is 14.2 Å². The lowest BCUT2D eigenvalue weighted by atomic mass is 9.93. The molecule has 0 radical (unpaired) electrons. The van der Waals surface area contributed by atoms with Gasteiger partial charge in [-0.3, -0.25) is 9.36 Å². The number of hydrogen-bond acceptors (Lipinski definition) is 6. The van der Waals surface area contributed by atoms with Gasteiger partial charge in [0.25, 0.3) is 5.56 Å². The van der Waals surface area contributed by atoms with Crippen molar-refractivity contribution < 1.29 is 18.7 Å². The lowest BCUT2D eigenvalue weighted by molar-refractivity contribution is -0.138. The monoisotopic (exact) mass is 624 g/mol. The van der Waals surface area contributed by atoms with E-state index in [1.54, 1.807) is 25.1 Å². The number of benzene rings is 4. The van der Waals surface area contributed by atoms with Crippen molar-refractivity contribution in [1.82, 2.24) is 4.57 Å². The molecule has 0 saturated carbocycles. The maximum absolute atomic E-state index is 14.0. The van der Waals surface area contributed by atoms with E-state index in [9.17, 15) is 14.0 Å². The molecule has 1 atom stereocenters. The molecule has 44 heavy (non-hydrogen) atoms. The van der Waals surface area contributed by atoms with Crippen LogP contribution in [0.25, 0.3) is 11.8 Å². The Morgan fingerprint density at radius 3 is 2.39 bits per heavy atom. The minimum Gasteiger partial charge on any atom is -0.489 e. The maximum atomic E-state index is 14.0. The van der Waals surface area contributed by atoms with Crippen molar-refractivity contribution in [2.45, 2.75) is 19.6 Å². The van der Waals surface area contributed by atoms with Crippen molar-refractivity contribution in [2.24, 2.45) is 4.99 Å². The summed E-state index contributed by atoms with van der Waals surface area (Å²) >= 11 is 7.46. The molecule has 1 unspecified atom stereocenters. The Hall–Kier alpha value is -4.79. The van der Waals surface area contributed by atoms with Gasteiger partial charge in [0.15, 0.2) is 4.80 Å². The largest absolute Gasteiger partial charge is 0.489 e. The zero-order valence-electron chi connectivity index (χ0n) is 23.6. The number of hydrogen-bond donors (Lipinski definition) is 0. The molecule has 0 spiro atoms. The van der Waals surface area contributed by atoms with Crippen LogP contribution in [0, 0.1) is 5.82 Å². The topological polar surface area (TPSA) is 69.9 Å². The van der Waals surface area contributed by atoms with Crippen LogP contribution in [0.1, 0.15) is 35.2 Å². The average Bonchev–Trinajstić information content (AvgIpc) is 3.35. The van der Waals surface area contributed by atoms with Crippen LogP contribution in [0.15, 0.2) is 118 Å². The Kier molecular flexibility index (Phi) is 8.54. The number of aromatic nitrogens is 1. The maximum Gasteiger partial charge on any atom is 0.338 e. The third kappa shape index (κ3) is 6.00. The number of thiazole rings is 1. The number of esters is 1. The number of ether oxygens (including phenoxy) is 2. The molecule has 2 heterocycles. The van der Waals surface area contributed by atoms with Crippen LogP contribution in [0.4, 0.5) is 4.39 Å². The Morgan fingerprint density at radius 1 is 0.977 bits per heavy atom. The fraction of sp³-hybridized carbons (Fsp3) is 0.114. The fourth-order valence-corrected chi connectivity index (χ4v) is 6.18. The number of carbonyl (C=O) groups is 1. The van der Waals surface area contributed by atoms with E-state index >= 15 is 0 Å². The number of halogens is 2. The highest BCUT2D eigenvalue weighted by atomic mass is 35.5. The van der Waals surface area contributed by atoms with Crippen LogP contribution in [0.2, 0.25) is 5.02 Å². The Balaban J connectivity index is 1.43. The first-order valence-electron chi connectivity index (χ1n) is 13.9. The van der Waals surface area contributed by atoms with Crippen LogP contribution in [-0.2, 0) is 16.1 Å². The summed E-state index contributed by atoms with van der Waals surface area (Å²) in [5.41, 5.74) is 3.22. The highest BCUT2D eigenvalue weighted by molar-refractivity contribution is 7.07. The van der Waals surface area contributed by atoms with E-state index < -0.39 is 17.8 Å². The van der Waals surface area contributed by atoms with E-state index in [2.05, 4.69) is 0 Å². The highest BCUT2D eigenvalue weighted by Crippen LogP contribution is 2.35. The molecule has 1 aromatic heterocycles. The molecule has 0 fully saturated rings. The van der Waals surface area contributed by atoms with Crippen molar-refractivity contribution in [3.63, 3.8) is 0 Å². The van der Waals surface area contributed by atoms with Crippen LogP contribution >= 0.6 is 22.9 Å². The molecule has 6 nitrogen and oxygen atoms in total. The van der Waals surface area contributed by atoms with Crippen LogP contribution in [-0.4, -0.2) is 17.1 Å². The zero-order chi connectivity index (χ0) is 30.6.